The number of carbonyl (C=O) groups is 2. The minimum absolute atomic E-state index is 0.0384. The van der Waals surface area contributed by atoms with Gasteiger partial charge in [-0.1, -0.05) is 12.1 Å². The number of carbonyl (C=O) groups excluding carboxylic acids is 2. The van der Waals surface area contributed by atoms with E-state index in [0.29, 0.717) is 13.2 Å². The first-order chi connectivity index (χ1) is 11.5. The predicted molar refractivity (Wildman–Crippen MR) is 87.9 cm³/mol. The second-order valence-corrected chi connectivity index (χ2v) is 5.15. The standard InChI is InChI=1S/C17H25FN2O4/c1-4-23-11-16(21)19-10-15(13-6-8-14(18)9-7-13)20(3)17(22)12-24-5-2/h6-9,15H,4-5,10-12H2,1-3H3,(H,19,21). The third-order valence-electron chi connectivity index (χ3n) is 3.48. The summed E-state index contributed by atoms with van der Waals surface area (Å²) in [5.74, 6) is -0.846. The topological polar surface area (TPSA) is 67.9 Å². The zero-order valence-corrected chi connectivity index (χ0v) is 14.4. The normalized spacial score (nSPS) is 11.8. The molecule has 0 spiro atoms. The van der Waals surface area contributed by atoms with E-state index in [1.54, 1.807) is 33.0 Å². The molecule has 0 heterocycles. The van der Waals surface area contributed by atoms with Gasteiger partial charge < -0.3 is 19.7 Å². The van der Waals surface area contributed by atoms with Crippen LogP contribution in [0.15, 0.2) is 24.3 Å². The Labute approximate surface area is 141 Å². The van der Waals surface area contributed by atoms with Crippen LogP contribution in [0.3, 0.4) is 0 Å². The molecule has 0 saturated heterocycles. The summed E-state index contributed by atoms with van der Waals surface area (Å²) in [6, 6.07) is 5.42. The van der Waals surface area contributed by atoms with Crippen LogP contribution in [0.2, 0.25) is 0 Å². The van der Waals surface area contributed by atoms with Crippen molar-refractivity contribution in [3.05, 3.63) is 35.6 Å². The van der Waals surface area contributed by atoms with Crippen LogP contribution in [-0.2, 0) is 19.1 Å². The fourth-order valence-electron chi connectivity index (χ4n) is 2.08. The van der Waals surface area contributed by atoms with Gasteiger partial charge >= 0.3 is 0 Å². The lowest BCUT2D eigenvalue weighted by Gasteiger charge is -2.29. The van der Waals surface area contributed by atoms with E-state index in [1.807, 2.05) is 0 Å². The Morgan fingerprint density at radius 3 is 2.29 bits per heavy atom. The minimum Gasteiger partial charge on any atom is -0.372 e. The number of rotatable bonds is 10. The average Bonchev–Trinajstić information content (AvgIpc) is 2.59. The summed E-state index contributed by atoms with van der Waals surface area (Å²) < 4.78 is 23.3. The lowest BCUT2D eigenvalue weighted by molar-refractivity contribution is -0.137. The highest BCUT2D eigenvalue weighted by Crippen LogP contribution is 2.19. The molecular weight excluding hydrogens is 315 g/mol. The smallest absolute Gasteiger partial charge is 0.248 e. The molecule has 1 aromatic rings. The molecule has 0 radical (unpaired) electrons. The molecule has 134 valence electrons. The quantitative estimate of drug-likeness (QED) is 0.701. The SMILES string of the molecule is CCOCC(=O)NCC(c1ccc(F)cc1)N(C)C(=O)COCC. The molecule has 7 heteroatoms. The first-order valence-corrected chi connectivity index (χ1v) is 7.92. The summed E-state index contributed by atoms with van der Waals surface area (Å²) in [5.41, 5.74) is 0.723. The van der Waals surface area contributed by atoms with Crippen LogP contribution in [0.1, 0.15) is 25.5 Å². The highest BCUT2D eigenvalue weighted by molar-refractivity contribution is 5.79. The van der Waals surface area contributed by atoms with Gasteiger partial charge in [0, 0.05) is 26.8 Å². The monoisotopic (exact) mass is 340 g/mol. The summed E-state index contributed by atoms with van der Waals surface area (Å²) in [6.45, 7) is 4.60. The van der Waals surface area contributed by atoms with Crippen molar-refractivity contribution in [1.82, 2.24) is 10.2 Å². The number of benzene rings is 1. The Bertz CT molecular complexity index is 522. The zero-order chi connectivity index (χ0) is 17.9. The summed E-state index contributed by atoms with van der Waals surface area (Å²) >= 11 is 0. The molecule has 0 aliphatic heterocycles. The van der Waals surface area contributed by atoms with E-state index in [9.17, 15) is 14.0 Å². The summed E-state index contributed by atoms with van der Waals surface area (Å²) in [5, 5.41) is 2.73. The number of likely N-dealkylation sites (N-methyl/N-ethyl adjacent to an activating group) is 1. The molecule has 1 N–H and O–H groups in total. The van der Waals surface area contributed by atoms with Gasteiger partial charge in [-0.15, -0.1) is 0 Å². The highest BCUT2D eigenvalue weighted by Gasteiger charge is 2.22. The molecular formula is C17H25FN2O4. The van der Waals surface area contributed by atoms with E-state index in [0.717, 1.165) is 5.56 Å². The predicted octanol–water partition coefficient (Wildman–Crippen LogP) is 1.51. The van der Waals surface area contributed by atoms with Crippen molar-refractivity contribution in [1.29, 1.82) is 0 Å². The van der Waals surface area contributed by atoms with E-state index < -0.39 is 6.04 Å². The molecule has 0 aliphatic rings. The van der Waals surface area contributed by atoms with Crippen LogP contribution < -0.4 is 5.32 Å². The van der Waals surface area contributed by atoms with Crippen LogP contribution in [0.5, 0.6) is 0 Å². The number of nitrogens with zero attached hydrogens (tertiary/aromatic N) is 1. The largest absolute Gasteiger partial charge is 0.372 e. The maximum Gasteiger partial charge on any atom is 0.248 e. The molecule has 0 saturated carbocycles. The molecule has 1 rings (SSSR count). The third-order valence-corrected chi connectivity index (χ3v) is 3.48. The summed E-state index contributed by atoms with van der Waals surface area (Å²) in [6.07, 6.45) is 0. The first-order valence-electron chi connectivity index (χ1n) is 7.92. The van der Waals surface area contributed by atoms with Crippen LogP contribution >= 0.6 is 0 Å². The van der Waals surface area contributed by atoms with Crippen LogP contribution in [0, 0.1) is 5.82 Å². The molecule has 0 aromatic heterocycles. The lowest BCUT2D eigenvalue weighted by Crippen LogP contribution is -2.41. The highest BCUT2D eigenvalue weighted by atomic mass is 19.1. The number of hydrogen-bond donors (Lipinski definition) is 1. The molecule has 1 unspecified atom stereocenters. The molecule has 1 aromatic carbocycles. The Morgan fingerprint density at radius 1 is 1.12 bits per heavy atom. The van der Waals surface area contributed by atoms with Gasteiger partial charge in [0.25, 0.3) is 0 Å². The summed E-state index contributed by atoms with van der Waals surface area (Å²) in [7, 11) is 1.63. The number of halogens is 1. The number of hydrogen-bond acceptors (Lipinski definition) is 4. The van der Waals surface area contributed by atoms with Gasteiger partial charge in [0.15, 0.2) is 0 Å². The van der Waals surface area contributed by atoms with Crippen LogP contribution in [0.4, 0.5) is 4.39 Å². The molecule has 2 amide bonds. The number of nitrogens with one attached hydrogen (secondary N) is 1. The average molecular weight is 340 g/mol. The third kappa shape index (κ3) is 6.64. The van der Waals surface area contributed by atoms with Crippen molar-refractivity contribution >= 4 is 11.8 Å². The Hall–Kier alpha value is -1.99. The van der Waals surface area contributed by atoms with Crippen LogP contribution in [0.25, 0.3) is 0 Å². The Balaban J connectivity index is 2.80. The summed E-state index contributed by atoms with van der Waals surface area (Å²) in [4.78, 5) is 25.4. The molecule has 6 nitrogen and oxygen atoms in total. The van der Waals surface area contributed by atoms with Crippen molar-refractivity contribution in [2.75, 3.05) is 40.0 Å². The van der Waals surface area contributed by atoms with Gasteiger partial charge in [0.2, 0.25) is 11.8 Å². The molecule has 0 aliphatic carbocycles. The van der Waals surface area contributed by atoms with Crippen LogP contribution in [-0.4, -0.2) is 56.7 Å². The van der Waals surface area contributed by atoms with E-state index in [2.05, 4.69) is 5.32 Å². The van der Waals surface area contributed by atoms with Gasteiger partial charge in [-0.05, 0) is 31.5 Å². The van der Waals surface area contributed by atoms with E-state index in [1.165, 1.54) is 17.0 Å². The van der Waals surface area contributed by atoms with Gasteiger partial charge in [0.05, 0.1) is 6.04 Å². The van der Waals surface area contributed by atoms with Crippen molar-refractivity contribution in [3.8, 4) is 0 Å². The van der Waals surface area contributed by atoms with E-state index in [4.69, 9.17) is 9.47 Å². The zero-order valence-electron chi connectivity index (χ0n) is 14.4. The fourth-order valence-corrected chi connectivity index (χ4v) is 2.08. The second kappa shape index (κ2) is 10.7. The van der Waals surface area contributed by atoms with E-state index >= 15 is 0 Å². The van der Waals surface area contributed by atoms with Gasteiger partial charge in [-0.3, -0.25) is 9.59 Å². The Morgan fingerprint density at radius 2 is 1.71 bits per heavy atom. The first kappa shape index (κ1) is 20.1. The molecule has 0 bridgehead atoms. The van der Waals surface area contributed by atoms with Crippen molar-refractivity contribution in [2.24, 2.45) is 0 Å². The molecule has 0 fully saturated rings. The van der Waals surface area contributed by atoms with E-state index in [-0.39, 0.29) is 37.4 Å². The maximum absolute atomic E-state index is 13.1. The number of ether oxygens (including phenoxy) is 2. The van der Waals surface area contributed by atoms with Gasteiger partial charge in [-0.25, -0.2) is 4.39 Å². The second-order valence-electron chi connectivity index (χ2n) is 5.15. The van der Waals surface area contributed by atoms with Crippen molar-refractivity contribution in [2.45, 2.75) is 19.9 Å². The number of amides is 2. The maximum atomic E-state index is 13.1. The minimum atomic E-state index is -0.427. The molecule has 1 atom stereocenters. The molecule has 24 heavy (non-hydrogen) atoms. The van der Waals surface area contributed by atoms with Crippen molar-refractivity contribution in [3.63, 3.8) is 0 Å². The lowest BCUT2D eigenvalue weighted by atomic mass is 10.1. The Kier molecular flexibility index (Phi) is 8.96. The van der Waals surface area contributed by atoms with Gasteiger partial charge in [-0.2, -0.15) is 0 Å². The van der Waals surface area contributed by atoms with Gasteiger partial charge in [0.1, 0.15) is 19.0 Å². The van der Waals surface area contributed by atoms with Crippen molar-refractivity contribution < 1.29 is 23.5 Å². The fraction of sp³-hybridized carbons (Fsp3) is 0.529.